The predicted octanol–water partition coefficient (Wildman–Crippen LogP) is 2.47. The highest BCUT2D eigenvalue weighted by molar-refractivity contribution is 5.78. The number of fused-ring (bicyclic) bond motifs is 1. The summed E-state index contributed by atoms with van der Waals surface area (Å²) in [5, 5.41) is 9.42. The predicted molar refractivity (Wildman–Crippen MR) is 108 cm³/mol. The Kier molecular flexibility index (Phi) is 5.09. The number of pyridine rings is 2. The minimum Gasteiger partial charge on any atom is -0.321 e. The van der Waals surface area contributed by atoms with E-state index in [1.54, 1.807) is 16.8 Å². The topological polar surface area (TPSA) is 81.9 Å². The molecule has 4 rings (SSSR count). The maximum Gasteiger partial charge on any atom is 0.266 e. The summed E-state index contributed by atoms with van der Waals surface area (Å²) in [5.74, 6) is 0.566. The summed E-state index contributed by atoms with van der Waals surface area (Å²) in [6.45, 7) is 3.74. The van der Waals surface area contributed by atoms with E-state index in [1.807, 2.05) is 12.1 Å². The maximum absolute atomic E-state index is 12.7. The number of aromatic nitrogens is 2. The van der Waals surface area contributed by atoms with Gasteiger partial charge in [0.15, 0.2) is 0 Å². The monoisotopic (exact) mass is 374 g/mol. The van der Waals surface area contributed by atoms with Crippen molar-refractivity contribution in [2.75, 3.05) is 13.1 Å². The molecule has 3 aromatic rings. The molecule has 2 aromatic heterocycles. The van der Waals surface area contributed by atoms with Crippen molar-refractivity contribution in [3.8, 4) is 6.07 Å². The zero-order chi connectivity index (χ0) is 19.5. The average molecular weight is 374 g/mol. The van der Waals surface area contributed by atoms with Crippen LogP contribution in [0.15, 0.2) is 58.3 Å². The number of benzene rings is 1. The third kappa shape index (κ3) is 3.75. The first-order chi connectivity index (χ1) is 13.6. The fourth-order valence-corrected chi connectivity index (χ4v) is 3.95. The zero-order valence-electron chi connectivity index (χ0n) is 15.6. The second-order valence-corrected chi connectivity index (χ2v) is 7.43. The number of likely N-dealkylation sites (tertiary alicyclic amines) is 1. The lowest BCUT2D eigenvalue weighted by molar-refractivity contribution is 0.310. The van der Waals surface area contributed by atoms with Crippen LogP contribution in [0.2, 0.25) is 0 Å². The highest BCUT2D eigenvalue weighted by Gasteiger charge is 2.22. The van der Waals surface area contributed by atoms with Gasteiger partial charge in [0.2, 0.25) is 0 Å². The first-order valence-corrected chi connectivity index (χ1v) is 9.57. The molecule has 0 radical (unpaired) electrons. The molecule has 0 spiro atoms. The van der Waals surface area contributed by atoms with Crippen molar-refractivity contribution < 1.29 is 0 Å². The molecule has 1 aliphatic rings. The number of nitrogens with zero attached hydrogens (tertiary/aromatic N) is 3. The molecule has 1 aliphatic heterocycles. The van der Waals surface area contributed by atoms with Gasteiger partial charge in [-0.1, -0.05) is 30.3 Å². The van der Waals surface area contributed by atoms with Crippen molar-refractivity contribution in [1.82, 2.24) is 14.5 Å². The van der Waals surface area contributed by atoms with E-state index < -0.39 is 5.56 Å². The van der Waals surface area contributed by atoms with Crippen molar-refractivity contribution in [2.45, 2.75) is 25.9 Å². The zero-order valence-corrected chi connectivity index (χ0v) is 15.6. The molecule has 0 amide bonds. The summed E-state index contributed by atoms with van der Waals surface area (Å²) < 4.78 is 1.68. The SMILES string of the molecule is N#Cc1cc2c(=O)n(CCC3CCN(Cc4ccccc4)C3)ccc2[nH]c1=O. The molecule has 1 unspecified atom stereocenters. The number of hydrogen-bond acceptors (Lipinski definition) is 4. The second-order valence-electron chi connectivity index (χ2n) is 7.43. The Labute approximate surface area is 162 Å². The number of aromatic amines is 1. The summed E-state index contributed by atoms with van der Waals surface area (Å²) in [5.41, 5.74) is 1.15. The van der Waals surface area contributed by atoms with Crippen LogP contribution >= 0.6 is 0 Å². The minimum atomic E-state index is -0.461. The van der Waals surface area contributed by atoms with Crippen molar-refractivity contribution in [3.63, 3.8) is 0 Å². The fourth-order valence-electron chi connectivity index (χ4n) is 3.95. The number of hydrogen-bond donors (Lipinski definition) is 1. The number of rotatable bonds is 5. The molecule has 28 heavy (non-hydrogen) atoms. The van der Waals surface area contributed by atoms with Gasteiger partial charge < -0.3 is 9.55 Å². The molecule has 6 heteroatoms. The number of aryl methyl sites for hydroxylation is 1. The first kappa shape index (κ1) is 18.2. The Morgan fingerprint density at radius 3 is 2.79 bits per heavy atom. The highest BCUT2D eigenvalue weighted by Crippen LogP contribution is 2.22. The molecule has 1 saturated heterocycles. The van der Waals surface area contributed by atoms with E-state index in [1.165, 1.54) is 11.6 Å². The lowest BCUT2D eigenvalue weighted by Gasteiger charge is -2.16. The standard InChI is InChI=1S/C22H22N4O2/c23-13-18-12-19-20(24-21(18)27)8-11-26(22(19)28)10-7-17-6-9-25(15-17)14-16-4-2-1-3-5-16/h1-5,8,11-12,17H,6-7,9-10,14-15H2,(H,24,27). The summed E-state index contributed by atoms with van der Waals surface area (Å²) >= 11 is 0. The van der Waals surface area contributed by atoms with Gasteiger partial charge in [0, 0.05) is 25.8 Å². The van der Waals surface area contributed by atoms with E-state index in [0.29, 0.717) is 23.4 Å². The molecule has 6 nitrogen and oxygen atoms in total. The van der Waals surface area contributed by atoms with E-state index in [9.17, 15) is 9.59 Å². The molecule has 1 atom stereocenters. The van der Waals surface area contributed by atoms with E-state index in [0.717, 1.165) is 32.5 Å². The van der Waals surface area contributed by atoms with Gasteiger partial charge in [-0.15, -0.1) is 0 Å². The molecule has 1 aromatic carbocycles. The van der Waals surface area contributed by atoms with Crippen LogP contribution in [0.3, 0.4) is 0 Å². The van der Waals surface area contributed by atoms with Crippen LogP contribution in [-0.4, -0.2) is 27.5 Å². The van der Waals surface area contributed by atoms with Crippen molar-refractivity contribution in [2.24, 2.45) is 5.92 Å². The van der Waals surface area contributed by atoms with Crippen LogP contribution in [0, 0.1) is 17.2 Å². The molecule has 0 aliphatic carbocycles. The fraction of sp³-hybridized carbons (Fsp3) is 0.318. The van der Waals surface area contributed by atoms with Crippen LogP contribution < -0.4 is 11.1 Å². The summed E-state index contributed by atoms with van der Waals surface area (Å²) in [7, 11) is 0. The van der Waals surface area contributed by atoms with Crippen molar-refractivity contribution in [1.29, 1.82) is 5.26 Å². The van der Waals surface area contributed by atoms with Gasteiger partial charge in [0.1, 0.15) is 11.6 Å². The Morgan fingerprint density at radius 1 is 1.18 bits per heavy atom. The van der Waals surface area contributed by atoms with Crippen LogP contribution in [0.25, 0.3) is 10.9 Å². The van der Waals surface area contributed by atoms with Crippen LogP contribution in [0.5, 0.6) is 0 Å². The lowest BCUT2D eigenvalue weighted by atomic mass is 10.1. The van der Waals surface area contributed by atoms with Crippen molar-refractivity contribution in [3.05, 3.63) is 80.5 Å². The normalized spacial score (nSPS) is 17.0. The maximum atomic E-state index is 12.7. The van der Waals surface area contributed by atoms with Gasteiger partial charge in [-0.25, -0.2) is 0 Å². The van der Waals surface area contributed by atoms with Crippen LogP contribution in [0.1, 0.15) is 24.0 Å². The van der Waals surface area contributed by atoms with E-state index in [4.69, 9.17) is 5.26 Å². The highest BCUT2D eigenvalue weighted by atomic mass is 16.1. The lowest BCUT2D eigenvalue weighted by Crippen LogP contribution is -2.24. The second kappa shape index (κ2) is 7.83. The molecule has 0 saturated carbocycles. The number of H-pyrrole nitrogens is 1. The Bertz CT molecular complexity index is 1140. The largest absolute Gasteiger partial charge is 0.321 e. The number of nitriles is 1. The van der Waals surface area contributed by atoms with Gasteiger partial charge in [-0.05, 0) is 43.0 Å². The van der Waals surface area contributed by atoms with E-state index in [-0.39, 0.29) is 11.1 Å². The summed E-state index contributed by atoms with van der Waals surface area (Å²) in [6, 6.07) is 15.4. The Morgan fingerprint density at radius 2 is 2.00 bits per heavy atom. The molecule has 1 N–H and O–H groups in total. The smallest absolute Gasteiger partial charge is 0.266 e. The van der Waals surface area contributed by atoms with E-state index in [2.05, 4.69) is 34.1 Å². The molecule has 1 fully saturated rings. The molecule has 3 heterocycles. The first-order valence-electron chi connectivity index (χ1n) is 9.57. The molecule has 142 valence electrons. The molecular formula is C22H22N4O2. The Balaban J connectivity index is 1.43. The van der Waals surface area contributed by atoms with Gasteiger partial charge in [-0.2, -0.15) is 5.26 Å². The van der Waals surface area contributed by atoms with Gasteiger partial charge >= 0.3 is 0 Å². The van der Waals surface area contributed by atoms with Gasteiger partial charge in [0.25, 0.3) is 11.1 Å². The molecular weight excluding hydrogens is 352 g/mol. The van der Waals surface area contributed by atoms with E-state index >= 15 is 0 Å². The van der Waals surface area contributed by atoms with Gasteiger partial charge in [0.05, 0.1) is 10.9 Å². The third-order valence-corrected chi connectivity index (χ3v) is 5.50. The number of nitrogens with one attached hydrogen (secondary N) is 1. The van der Waals surface area contributed by atoms with Crippen molar-refractivity contribution >= 4 is 10.9 Å². The average Bonchev–Trinajstić information content (AvgIpc) is 3.15. The quantitative estimate of drug-likeness (QED) is 0.744. The van der Waals surface area contributed by atoms with Crippen LogP contribution in [0.4, 0.5) is 0 Å². The third-order valence-electron chi connectivity index (χ3n) is 5.50. The van der Waals surface area contributed by atoms with Crippen LogP contribution in [-0.2, 0) is 13.1 Å². The van der Waals surface area contributed by atoms with Gasteiger partial charge in [-0.3, -0.25) is 14.5 Å². The summed E-state index contributed by atoms with van der Waals surface area (Å²) in [4.78, 5) is 29.5. The Hall–Kier alpha value is -3.17. The minimum absolute atomic E-state index is 0.0327. The summed E-state index contributed by atoms with van der Waals surface area (Å²) in [6.07, 6.45) is 3.80. The molecule has 0 bridgehead atoms.